The molecule has 0 saturated heterocycles. The second kappa shape index (κ2) is 7.85. The van der Waals surface area contributed by atoms with Crippen LogP contribution in [0.2, 0.25) is 0 Å². The molecule has 2 aromatic rings. The molecule has 0 bridgehead atoms. The molecule has 5 nitrogen and oxygen atoms in total. The molecule has 1 aliphatic rings. The normalized spacial score (nSPS) is 22.8. The van der Waals surface area contributed by atoms with Crippen molar-refractivity contribution in [2.75, 3.05) is 0 Å². The minimum atomic E-state index is -0.263. The average Bonchev–Trinajstić information content (AvgIpc) is 2.62. The van der Waals surface area contributed by atoms with Crippen LogP contribution in [0.4, 0.5) is 0 Å². The van der Waals surface area contributed by atoms with Gasteiger partial charge in [-0.3, -0.25) is 9.59 Å². The van der Waals surface area contributed by atoms with Crippen molar-refractivity contribution in [3.63, 3.8) is 0 Å². The number of rotatable bonds is 4. The summed E-state index contributed by atoms with van der Waals surface area (Å²) in [6, 6.07) is 11.3. The molecule has 26 heavy (non-hydrogen) atoms. The van der Waals surface area contributed by atoms with Crippen molar-refractivity contribution in [1.29, 1.82) is 0 Å². The molecule has 1 amide bonds. The zero-order chi connectivity index (χ0) is 18.7. The average molecular weight is 353 g/mol. The molecule has 1 heterocycles. The van der Waals surface area contributed by atoms with E-state index in [1.807, 2.05) is 31.2 Å². The predicted octanol–water partition coefficient (Wildman–Crippen LogP) is 3.16. The van der Waals surface area contributed by atoms with E-state index in [9.17, 15) is 9.59 Å². The Kier molecular flexibility index (Phi) is 5.55. The van der Waals surface area contributed by atoms with Gasteiger partial charge in [0.05, 0.1) is 5.69 Å². The van der Waals surface area contributed by atoms with E-state index in [4.69, 9.17) is 0 Å². The quantitative estimate of drug-likeness (QED) is 0.918. The van der Waals surface area contributed by atoms with Gasteiger partial charge in [-0.25, -0.2) is 4.68 Å². The van der Waals surface area contributed by atoms with Crippen molar-refractivity contribution < 1.29 is 4.79 Å². The van der Waals surface area contributed by atoms with Gasteiger partial charge in [-0.2, -0.15) is 5.10 Å². The molecular formula is C21H27N3O2. The minimum absolute atomic E-state index is 0.0455. The molecule has 1 fully saturated rings. The van der Waals surface area contributed by atoms with E-state index in [2.05, 4.69) is 24.3 Å². The Morgan fingerprint density at radius 2 is 1.88 bits per heavy atom. The summed E-state index contributed by atoms with van der Waals surface area (Å²) >= 11 is 0. The van der Waals surface area contributed by atoms with Crippen molar-refractivity contribution in [3.05, 3.63) is 52.3 Å². The molecule has 1 N–H and O–H groups in total. The molecule has 3 atom stereocenters. The zero-order valence-electron chi connectivity index (χ0n) is 15.7. The van der Waals surface area contributed by atoms with Gasteiger partial charge < -0.3 is 5.32 Å². The molecule has 0 unspecified atom stereocenters. The van der Waals surface area contributed by atoms with Gasteiger partial charge in [0.15, 0.2) is 0 Å². The predicted molar refractivity (Wildman–Crippen MR) is 103 cm³/mol. The highest BCUT2D eigenvalue weighted by molar-refractivity contribution is 5.76. The van der Waals surface area contributed by atoms with Crippen LogP contribution in [0.15, 0.2) is 41.2 Å². The van der Waals surface area contributed by atoms with Crippen LogP contribution in [0, 0.1) is 18.8 Å². The van der Waals surface area contributed by atoms with Gasteiger partial charge in [-0.05, 0) is 31.2 Å². The van der Waals surface area contributed by atoms with E-state index in [0.29, 0.717) is 17.5 Å². The van der Waals surface area contributed by atoms with Crippen LogP contribution in [0.3, 0.4) is 0 Å². The SMILES string of the molecule is Cc1ccc(-c2ccc(=O)n(CC(=O)N[C@@H]3CCC[C@@H](C)[C@H]3C)n2)cc1. The van der Waals surface area contributed by atoms with Gasteiger partial charge in [0, 0.05) is 17.7 Å². The smallest absolute Gasteiger partial charge is 0.267 e. The molecule has 0 radical (unpaired) electrons. The van der Waals surface area contributed by atoms with E-state index in [0.717, 1.165) is 24.0 Å². The van der Waals surface area contributed by atoms with Gasteiger partial charge >= 0.3 is 0 Å². The summed E-state index contributed by atoms with van der Waals surface area (Å²) in [4.78, 5) is 24.6. The number of hydrogen-bond donors (Lipinski definition) is 1. The molecule has 1 aromatic heterocycles. The maximum Gasteiger partial charge on any atom is 0.267 e. The van der Waals surface area contributed by atoms with E-state index in [1.165, 1.54) is 17.2 Å². The standard InChI is InChI=1S/C21H27N3O2/c1-14-7-9-17(10-8-14)19-11-12-21(26)24(23-19)13-20(25)22-18-6-4-5-15(2)16(18)3/h7-12,15-16,18H,4-6,13H2,1-3H3,(H,22,25)/t15-,16-,18-/m1/s1. The minimum Gasteiger partial charge on any atom is -0.351 e. The van der Waals surface area contributed by atoms with Crippen molar-refractivity contribution >= 4 is 5.91 Å². The molecule has 1 aromatic carbocycles. The fraction of sp³-hybridized carbons (Fsp3) is 0.476. The van der Waals surface area contributed by atoms with E-state index < -0.39 is 0 Å². The Labute approximate surface area is 154 Å². The lowest BCUT2D eigenvalue weighted by molar-refractivity contribution is -0.123. The van der Waals surface area contributed by atoms with Crippen LogP contribution in [0.5, 0.6) is 0 Å². The summed E-state index contributed by atoms with van der Waals surface area (Å²) in [5, 5.41) is 7.49. The third-order valence-electron chi connectivity index (χ3n) is 5.56. The van der Waals surface area contributed by atoms with Crippen LogP contribution in [0.1, 0.15) is 38.7 Å². The first-order valence-corrected chi connectivity index (χ1v) is 9.38. The number of amides is 1. The third-order valence-corrected chi connectivity index (χ3v) is 5.56. The highest BCUT2D eigenvalue weighted by Crippen LogP contribution is 2.29. The summed E-state index contributed by atoms with van der Waals surface area (Å²) in [6.07, 6.45) is 3.35. The Balaban J connectivity index is 1.72. The molecule has 0 spiro atoms. The lowest BCUT2D eigenvalue weighted by Gasteiger charge is -2.34. The molecule has 0 aliphatic heterocycles. The summed E-state index contributed by atoms with van der Waals surface area (Å²) < 4.78 is 1.25. The van der Waals surface area contributed by atoms with Crippen LogP contribution in [-0.4, -0.2) is 21.7 Å². The molecule has 3 rings (SSSR count). The highest BCUT2D eigenvalue weighted by Gasteiger charge is 2.28. The number of carbonyl (C=O) groups is 1. The van der Waals surface area contributed by atoms with Gasteiger partial charge in [0.25, 0.3) is 5.56 Å². The largest absolute Gasteiger partial charge is 0.351 e. The summed E-state index contributed by atoms with van der Waals surface area (Å²) in [5.41, 5.74) is 2.52. The molecule has 138 valence electrons. The second-order valence-corrected chi connectivity index (χ2v) is 7.52. The molecule has 5 heteroatoms. The van der Waals surface area contributed by atoms with Crippen molar-refractivity contribution in [1.82, 2.24) is 15.1 Å². The van der Waals surface area contributed by atoms with E-state index in [1.54, 1.807) is 6.07 Å². The van der Waals surface area contributed by atoms with Crippen molar-refractivity contribution in [2.24, 2.45) is 11.8 Å². The van der Waals surface area contributed by atoms with Crippen molar-refractivity contribution in [2.45, 2.75) is 52.6 Å². The first kappa shape index (κ1) is 18.4. The number of hydrogen-bond acceptors (Lipinski definition) is 3. The fourth-order valence-electron chi connectivity index (χ4n) is 3.61. The molecular weight excluding hydrogens is 326 g/mol. The lowest BCUT2D eigenvalue weighted by atomic mass is 9.78. The van der Waals surface area contributed by atoms with Gasteiger partial charge in [-0.15, -0.1) is 0 Å². The Bertz CT molecular complexity index is 826. The number of aromatic nitrogens is 2. The third kappa shape index (κ3) is 4.21. The zero-order valence-corrected chi connectivity index (χ0v) is 15.7. The number of nitrogens with zero attached hydrogens (tertiary/aromatic N) is 2. The summed E-state index contributed by atoms with van der Waals surface area (Å²) in [6.45, 7) is 6.41. The maximum absolute atomic E-state index is 12.5. The fourth-order valence-corrected chi connectivity index (χ4v) is 3.61. The first-order chi connectivity index (χ1) is 12.4. The topological polar surface area (TPSA) is 64.0 Å². The number of nitrogens with one attached hydrogen (secondary N) is 1. The van der Waals surface area contributed by atoms with E-state index in [-0.39, 0.29) is 24.1 Å². The number of benzene rings is 1. The first-order valence-electron chi connectivity index (χ1n) is 9.38. The monoisotopic (exact) mass is 353 g/mol. The number of carbonyl (C=O) groups excluding carboxylic acids is 1. The number of aryl methyl sites for hydroxylation is 1. The molecule has 1 saturated carbocycles. The van der Waals surface area contributed by atoms with Crippen molar-refractivity contribution in [3.8, 4) is 11.3 Å². The maximum atomic E-state index is 12.5. The Morgan fingerprint density at radius 3 is 2.62 bits per heavy atom. The van der Waals surface area contributed by atoms with Crippen LogP contribution >= 0.6 is 0 Å². The van der Waals surface area contributed by atoms with Gasteiger partial charge in [0.1, 0.15) is 6.54 Å². The Morgan fingerprint density at radius 1 is 1.15 bits per heavy atom. The summed E-state index contributed by atoms with van der Waals surface area (Å²) in [5.74, 6) is 0.919. The lowest BCUT2D eigenvalue weighted by Crippen LogP contribution is -2.45. The summed E-state index contributed by atoms with van der Waals surface area (Å²) in [7, 11) is 0. The highest BCUT2D eigenvalue weighted by atomic mass is 16.2. The van der Waals surface area contributed by atoms with Crippen LogP contribution < -0.4 is 10.9 Å². The van der Waals surface area contributed by atoms with Crippen LogP contribution in [0.25, 0.3) is 11.3 Å². The van der Waals surface area contributed by atoms with Gasteiger partial charge in [0.2, 0.25) is 5.91 Å². The van der Waals surface area contributed by atoms with E-state index >= 15 is 0 Å². The molecule has 1 aliphatic carbocycles. The van der Waals surface area contributed by atoms with Crippen LogP contribution in [-0.2, 0) is 11.3 Å². The second-order valence-electron chi connectivity index (χ2n) is 7.52. The van der Waals surface area contributed by atoms with Gasteiger partial charge in [-0.1, -0.05) is 56.5 Å². The Hall–Kier alpha value is -2.43.